The number of aromatic amines is 4. The first-order valence-corrected chi connectivity index (χ1v) is 25.8. The summed E-state index contributed by atoms with van der Waals surface area (Å²) in [4.78, 5) is 53.2. The Hall–Kier alpha value is -8.11. The van der Waals surface area contributed by atoms with Crippen molar-refractivity contribution < 1.29 is 44.3 Å². The molecule has 0 radical (unpaired) electrons. The molecule has 404 valence electrons. The summed E-state index contributed by atoms with van der Waals surface area (Å²) in [5.41, 5.74) is 30.0. The van der Waals surface area contributed by atoms with Crippen LogP contribution in [0.3, 0.4) is 0 Å². The summed E-state index contributed by atoms with van der Waals surface area (Å²) in [6, 6.07) is 44.8. The highest BCUT2D eigenvalue weighted by molar-refractivity contribution is 5.95. The number of aliphatic hydroxyl groups excluding tert-OH is 4. The fraction of sp³-hybridized carbons (Fsp3) is 0.271. The molecular weight excluding hydrogens is 993 g/mol. The normalized spacial score (nSPS) is 23.1. The molecule has 5 unspecified atom stereocenters. The first-order valence-electron chi connectivity index (χ1n) is 25.8. The molecule has 0 saturated carbocycles. The molecule has 4 aromatic heterocycles. The molecule has 19 heteroatoms. The Labute approximate surface area is 449 Å². The lowest BCUT2D eigenvalue weighted by Gasteiger charge is -2.39. The molecule has 1 fully saturated rings. The number of carbonyl (C=O) groups excluding carboxylic acids is 3. The van der Waals surface area contributed by atoms with Gasteiger partial charge in [-0.1, -0.05) is 48.5 Å². The molecule has 78 heavy (non-hydrogen) atoms. The number of nitrogens with one attached hydrogen (secondary N) is 7. The van der Waals surface area contributed by atoms with Gasteiger partial charge in [0.25, 0.3) is 0 Å². The predicted molar refractivity (Wildman–Crippen MR) is 294 cm³/mol. The summed E-state index contributed by atoms with van der Waals surface area (Å²) >= 11 is 0. The molecule has 1 saturated heterocycles. The molecule has 2 aliphatic rings. The number of aromatic nitrogens is 4. The minimum absolute atomic E-state index is 0.301. The molecule has 19 nitrogen and oxygen atoms in total. The van der Waals surface area contributed by atoms with Crippen LogP contribution in [0.25, 0.3) is 0 Å². The first-order chi connectivity index (χ1) is 37.5. The molecule has 6 heterocycles. The van der Waals surface area contributed by atoms with Gasteiger partial charge in [0.1, 0.15) is 30.2 Å². The van der Waals surface area contributed by atoms with Crippen LogP contribution < -0.4 is 37.9 Å². The number of nitrogens with two attached hydrogens (primary N) is 3. The third kappa shape index (κ3) is 11.0. The highest BCUT2D eigenvalue weighted by Crippen LogP contribution is 2.42. The van der Waals surface area contributed by atoms with Crippen LogP contribution in [0.4, 0.5) is 17.1 Å². The summed E-state index contributed by atoms with van der Waals surface area (Å²) in [6.45, 7) is 4.29. The zero-order valence-electron chi connectivity index (χ0n) is 43.1. The van der Waals surface area contributed by atoms with Gasteiger partial charge in [-0.3, -0.25) is 14.4 Å². The Bertz CT molecular complexity index is 3210. The molecule has 8 aromatic rings. The van der Waals surface area contributed by atoms with Crippen LogP contribution in [0, 0.1) is 0 Å². The zero-order valence-corrected chi connectivity index (χ0v) is 43.1. The number of hydrogen-bond acceptors (Lipinski definition) is 12. The molecule has 10 rings (SSSR count). The number of aliphatic hydroxyl groups is 4. The van der Waals surface area contributed by atoms with E-state index in [1.54, 1.807) is 32.9 Å². The maximum atomic E-state index is 12.6. The van der Waals surface area contributed by atoms with Crippen molar-refractivity contribution in [2.24, 2.45) is 17.2 Å². The average Bonchev–Trinajstić information content (AvgIpc) is 4.38. The van der Waals surface area contributed by atoms with E-state index in [0.717, 1.165) is 67.8 Å². The summed E-state index contributed by atoms with van der Waals surface area (Å²) < 4.78 is 11.7. The highest BCUT2D eigenvalue weighted by Gasteiger charge is 2.45. The lowest BCUT2D eigenvalue weighted by Crippen LogP contribution is -2.60. The van der Waals surface area contributed by atoms with Crippen LogP contribution in [0.5, 0.6) is 5.75 Å². The summed E-state index contributed by atoms with van der Waals surface area (Å²) in [5.74, 6) is -2.16. The standard InChI is InChI=1S/C59H64N10O9/c1-29(60)56(74)63-36-12-4-32(5-13-36)49-40-20-22-42(66-40)50(33-6-14-37(15-7-33)64-57(75)30(2)61)44-24-26-46(68-44)52(35-10-18-39(19-11-35)77-59-55(73)54(72)53(71)48(28-70)78-59)47-27-25-45(69-47)51(43-23-21-41(49)67-43)34-8-16-38(17-9-34)65-58(76)31(3)62/h4-27,29-31,48-55,59,66-73H,28,60-62H2,1-3H3,(H,63,74)(H,64,75)(H,65,76)/t29?,30?,31?,48-,49?,50?,51?,52?,53+,54-,55-,59+/m0/s1. The Morgan fingerprint density at radius 1 is 0.449 bits per heavy atom. The number of amides is 3. The second-order valence-electron chi connectivity index (χ2n) is 20.3. The Balaban J connectivity index is 1.11. The Morgan fingerprint density at radius 2 is 0.718 bits per heavy atom. The van der Waals surface area contributed by atoms with Crippen molar-refractivity contribution >= 4 is 34.8 Å². The predicted octanol–water partition coefficient (Wildman–Crippen LogP) is 5.07. The molecule has 17 N–H and O–H groups in total. The summed E-state index contributed by atoms with van der Waals surface area (Å²) in [7, 11) is 0. The Morgan fingerprint density at radius 3 is 0.974 bits per heavy atom. The van der Waals surface area contributed by atoms with Gasteiger partial charge in [-0.25, -0.2) is 0 Å². The SMILES string of the molecule is CC(N)C(=O)Nc1ccc(C2c3ccc([nH]3)C(c3ccc(NC(=O)C(C)N)cc3)c3ccc([nH]3)C(c3ccc(O[C@@H]4O[C@@H](CO)[C@@H](O)[C@H](O)[C@@H]4O)cc3)c3ccc([nH]3)C(c3ccc(NC(=O)C(C)N)cc3)c3ccc2[nH]3)cc1. The van der Waals surface area contributed by atoms with Gasteiger partial charge in [0.2, 0.25) is 24.0 Å². The number of fused-ring (bicyclic) bond motifs is 8. The number of carbonyl (C=O) groups is 3. The topological polar surface area (TPSA) is 328 Å². The van der Waals surface area contributed by atoms with Crippen molar-refractivity contribution in [3.05, 3.63) is 213 Å². The average molecular weight is 1060 g/mol. The molecule has 0 aliphatic carbocycles. The minimum Gasteiger partial charge on any atom is -0.462 e. The largest absolute Gasteiger partial charge is 0.462 e. The zero-order chi connectivity index (χ0) is 54.9. The van der Waals surface area contributed by atoms with E-state index in [2.05, 4.69) is 84.4 Å². The quantitative estimate of drug-likeness (QED) is 0.0720. The second kappa shape index (κ2) is 22.5. The number of benzene rings is 4. The number of hydrogen-bond donors (Lipinski definition) is 14. The molecule has 4 aromatic carbocycles. The van der Waals surface area contributed by atoms with Gasteiger partial charge in [-0.05, 0) is 140 Å². The van der Waals surface area contributed by atoms with Crippen molar-refractivity contribution in [1.29, 1.82) is 0 Å². The van der Waals surface area contributed by atoms with Crippen molar-refractivity contribution in [3.63, 3.8) is 0 Å². The van der Waals surface area contributed by atoms with E-state index >= 15 is 0 Å². The maximum Gasteiger partial charge on any atom is 0.240 e. The fourth-order valence-corrected chi connectivity index (χ4v) is 10.3. The first kappa shape index (κ1) is 53.3. The fourth-order valence-electron chi connectivity index (χ4n) is 10.3. The Kier molecular flexibility index (Phi) is 15.3. The van der Waals surface area contributed by atoms with Gasteiger partial charge in [-0.15, -0.1) is 0 Å². The lowest BCUT2D eigenvalue weighted by atomic mass is 9.92. The van der Waals surface area contributed by atoms with Gasteiger partial charge in [0.05, 0.1) is 48.4 Å². The van der Waals surface area contributed by atoms with E-state index in [1.807, 2.05) is 84.9 Å². The number of rotatable bonds is 13. The van der Waals surface area contributed by atoms with Crippen LogP contribution in [-0.2, 0) is 19.1 Å². The van der Waals surface area contributed by atoms with Gasteiger partial charge in [-0.2, -0.15) is 0 Å². The van der Waals surface area contributed by atoms with Crippen LogP contribution in [0.1, 0.15) is 112 Å². The molecule has 3 amide bonds. The number of ether oxygens (including phenoxy) is 2. The van der Waals surface area contributed by atoms with Crippen molar-refractivity contribution in [2.45, 2.75) is 93.3 Å². The number of anilines is 3. The third-order valence-corrected chi connectivity index (χ3v) is 14.5. The van der Waals surface area contributed by atoms with E-state index in [-0.39, 0.29) is 35.5 Å². The minimum atomic E-state index is -1.61. The molecular formula is C59H64N10O9. The number of H-pyrrole nitrogens is 4. The lowest BCUT2D eigenvalue weighted by molar-refractivity contribution is -0.277. The van der Waals surface area contributed by atoms with Crippen molar-refractivity contribution in [1.82, 2.24) is 19.9 Å². The van der Waals surface area contributed by atoms with Gasteiger partial charge in [0, 0.05) is 62.6 Å². The highest BCUT2D eigenvalue weighted by atomic mass is 16.7. The molecule has 2 aliphatic heterocycles. The van der Waals surface area contributed by atoms with Gasteiger partial charge in [0.15, 0.2) is 0 Å². The smallest absolute Gasteiger partial charge is 0.240 e. The third-order valence-electron chi connectivity index (χ3n) is 14.5. The van der Waals surface area contributed by atoms with Gasteiger partial charge < -0.3 is 83.0 Å². The van der Waals surface area contributed by atoms with Crippen LogP contribution in [-0.4, -0.2) is 114 Å². The summed E-state index contributed by atoms with van der Waals surface area (Å²) in [6.07, 6.45) is -7.25. The van der Waals surface area contributed by atoms with Crippen LogP contribution >= 0.6 is 0 Å². The molecule has 8 bridgehead atoms. The van der Waals surface area contributed by atoms with Crippen LogP contribution in [0.2, 0.25) is 0 Å². The second-order valence-corrected chi connectivity index (χ2v) is 20.3. The summed E-state index contributed by atoms with van der Waals surface area (Å²) in [5, 5.41) is 50.1. The van der Waals surface area contributed by atoms with E-state index in [1.165, 1.54) is 0 Å². The maximum absolute atomic E-state index is 12.6. The van der Waals surface area contributed by atoms with Crippen molar-refractivity contribution in [3.8, 4) is 5.75 Å². The van der Waals surface area contributed by atoms with E-state index in [0.29, 0.717) is 22.8 Å². The molecule has 10 atom stereocenters. The molecule has 0 spiro atoms. The van der Waals surface area contributed by atoms with Crippen LogP contribution in [0.15, 0.2) is 146 Å². The van der Waals surface area contributed by atoms with E-state index in [4.69, 9.17) is 26.7 Å². The van der Waals surface area contributed by atoms with Gasteiger partial charge >= 0.3 is 0 Å². The van der Waals surface area contributed by atoms with E-state index < -0.39 is 61.4 Å². The van der Waals surface area contributed by atoms with Crippen molar-refractivity contribution in [2.75, 3.05) is 22.6 Å². The monoisotopic (exact) mass is 1060 g/mol. The van der Waals surface area contributed by atoms with E-state index in [9.17, 15) is 34.8 Å².